The van der Waals surface area contributed by atoms with Gasteiger partial charge in [0.15, 0.2) is 11.6 Å². The molecule has 2 spiro atoms. The van der Waals surface area contributed by atoms with E-state index < -0.39 is 5.79 Å². The molecule has 3 aromatic carbocycles. The third-order valence-electron chi connectivity index (χ3n) is 18.5. The minimum atomic E-state index is -0.435. The van der Waals surface area contributed by atoms with Gasteiger partial charge >= 0.3 is 0 Å². The molecule has 21 heteroatoms. The third kappa shape index (κ3) is 14.9. The number of ketones is 1. The van der Waals surface area contributed by atoms with Gasteiger partial charge in [-0.15, -0.1) is 11.6 Å². The van der Waals surface area contributed by atoms with E-state index in [9.17, 15) is 9.90 Å². The lowest BCUT2D eigenvalue weighted by molar-refractivity contribution is -0.225. The SMILES string of the molecule is CC1(C)CC(=O)CCC1OCc1c(-c2c(Cl)cccc2Cl)noc1C1CC1.CC1(C)CC2(CCC1O)OCCO2.CC1(C)CC2(CCC1OCc1c(-c3c(Cl)cccc3Cl)noc1C1CC1)OCCO2.ClCc1c(-c2c(Cl)cccc2Cl)noc1C1CC1. The maximum Gasteiger partial charge on any atom is 0.169 e. The van der Waals surface area contributed by atoms with E-state index in [1.165, 1.54) is 0 Å². The molecule has 5 heterocycles. The van der Waals surface area contributed by atoms with E-state index in [1.54, 1.807) is 30.3 Å². The molecule has 8 aliphatic rings. The van der Waals surface area contributed by atoms with Crippen molar-refractivity contribution in [3.05, 3.63) is 119 Å². The van der Waals surface area contributed by atoms with Crippen LogP contribution in [0.1, 0.15) is 190 Å². The summed E-state index contributed by atoms with van der Waals surface area (Å²) in [6.45, 7) is 16.3. The third-order valence-corrected chi connectivity index (χ3v) is 20.7. The number of rotatable bonds is 13. The Bertz CT molecular complexity index is 3370. The van der Waals surface area contributed by atoms with Gasteiger partial charge in [0.25, 0.3) is 0 Å². The van der Waals surface area contributed by atoms with Crippen molar-refractivity contribution in [3.63, 3.8) is 0 Å². The van der Waals surface area contributed by atoms with Gasteiger partial charge in [-0.2, -0.15) is 0 Å². The fourth-order valence-corrected chi connectivity index (χ4v) is 15.3. The Labute approximate surface area is 550 Å². The first-order valence-corrected chi connectivity index (χ1v) is 33.6. The number of halogens is 7. The minimum absolute atomic E-state index is 0.0201. The van der Waals surface area contributed by atoms with Gasteiger partial charge in [-0.25, -0.2) is 0 Å². The average Bonchev–Trinajstić information content (AvgIpc) is 2.11. The van der Waals surface area contributed by atoms with E-state index in [-0.39, 0.29) is 40.3 Å². The molecule has 6 aromatic rings. The molecule has 6 saturated carbocycles. The Balaban J connectivity index is 0.000000127. The molecule has 476 valence electrons. The van der Waals surface area contributed by atoms with Gasteiger partial charge in [0.1, 0.15) is 40.1 Å². The number of aromatic nitrogens is 3. The highest BCUT2D eigenvalue weighted by molar-refractivity contribution is 6.40. The van der Waals surface area contributed by atoms with Crippen LogP contribution in [0, 0.1) is 16.2 Å². The van der Waals surface area contributed by atoms with Crippen LogP contribution in [0.25, 0.3) is 33.8 Å². The van der Waals surface area contributed by atoms with Crippen molar-refractivity contribution in [1.82, 2.24) is 15.5 Å². The fraction of sp³-hybridized carbons (Fsp3) is 0.582. The number of hydrogen-bond acceptors (Lipinski definition) is 14. The molecule has 14 rings (SSSR count). The number of alkyl halides is 1. The van der Waals surface area contributed by atoms with Crippen LogP contribution in [0.2, 0.25) is 30.1 Å². The average molecular weight is 1350 g/mol. The highest BCUT2D eigenvalue weighted by Crippen LogP contribution is 2.52. The lowest BCUT2D eigenvalue weighted by Gasteiger charge is -2.46. The van der Waals surface area contributed by atoms with Crippen molar-refractivity contribution in [2.24, 2.45) is 16.2 Å². The molecular weight excluding hydrogens is 1270 g/mol. The smallest absolute Gasteiger partial charge is 0.169 e. The summed E-state index contributed by atoms with van der Waals surface area (Å²) in [4.78, 5) is 11.8. The number of Topliss-reactive ketones (excluding diaryl/α,β-unsaturated/α-hetero) is 1. The lowest BCUT2D eigenvalue weighted by atomic mass is 9.72. The van der Waals surface area contributed by atoms with Gasteiger partial charge in [0, 0.05) is 89.7 Å². The largest absolute Gasteiger partial charge is 0.393 e. The van der Waals surface area contributed by atoms with Crippen molar-refractivity contribution in [3.8, 4) is 33.8 Å². The normalized spacial score (nSPS) is 23.9. The summed E-state index contributed by atoms with van der Waals surface area (Å²) in [5.74, 6) is 3.80. The Morgan fingerprint density at radius 2 is 0.841 bits per heavy atom. The number of aliphatic hydroxyl groups is 1. The molecule has 3 atom stereocenters. The van der Waals surface area contributed by atoms with Gasteiger partial charge in [-0.05, 0) is 110 Å². The van der Waals surface area contributed by atoms with Gasteiger partial charge in [-0.3, -0.25) is 4.79 Å². The molecular formula is C67H78Cl7N3O11. The molecule has 14 nitrogen and oxygen atoms in total. The van der Waals surface area contributed by atoms with Gasteiger partial charge in [-0.1, -0.05) is 145 Å². The highest BCUT2D eigenvalue weighted by Gasteiger charge is 2.51. The van der Waals surface area contributed by atoms with Gasteiger partial charge in [0.05, 0.1) is 94.0 Å². The van der Waals surface area contributed by atoms with Crippen LogP contribution in [0.4, 0.5) is 0 Å². The lowest BCUT2D eigenvalue weighted by Crippen LogP contribution is -2.48. The summed E-state index contributed by atoms with van der Waals surface area (Å²) in [6.07, 6.45) is 13.5. The fourth-order valence-electron chi connectivity index (χ4n) is 13.3. The zero-order valence-corrected chi connectivity index (χ0v) is 56.0. The summed E-state index contributed by atoms with van der Waals surface area (Å²) >= 11 is 44.1. The predicted octanol–water partition coefficient (Wildman–Crippen LogP) is 19.1. The summed E-state index contributed by atoms with van der Waals surface area (Å²) in [5.41, 5.74) is 6.62. The first-order valence-electron chi connectivity index (χ1n) is 30.8. The molecule has 6 aliphatic carbocycles. The first-order chi connectivity index (χ1) is 42.0. The number of nitrogens with zero attached hydrogens (tertiary/aromatic N) is 3. The van der Waals surface area contributed by atoms with Gasteiger partial charge in [0.2, 0.25) is 0 Å². The number of ether oxygens (including phenoxy) is 6. The zero-order chi connectivity index (χ0) is 62.3. The van der Waals surface area contributed by atoms with E-state index in [0.717, 1.165) is 117 Å². The van der Waals surface area contributed by atoms with E-state index in [1.807, 2.05) is 24.3 Å². The summed E-state index contributed by atoms with van der Waals surface area (Å²) < 4.78 is 52.9. The standard InChI is InChI=1S/C23H27Cl2NO4.C21H23Cl2NO3.C13H10Cl3NO.C10H18O3/c1-22(2)13-23(28-10-11-29-23)9-8-18(22)27-12-15-20(26-30-21(15)14-6-7-14)19-16(24)4-3-5-17(19)25;1-21(2)10-13(25)8-9-17(21)26-11-14-19(24-27-20(14)12-6-7-12)18-15(22)4-3-5-16(18)23;14-6-8-12(17-18-13(8)7-4-5-7)11-9(15)2-1-3-10(11)16;1-9(2)7-10(4-3-8(9)11)12-5-6-13-10/h3-5,14,18H,6-13H2,1-2H3;3-5,12,17H,6-11H2,1-2H3;1-3,7H,4-6H2;8,11H,3-7H2,1-2H3. The van der Waals surface area contributed by atoms with E-state index in [2.05, 4.69) is 57.0 Å². The quantitative estimate of drug-likeness (QED) is 0.108. The molecule has 0 bridgehead atoms. The van der Waals surface area contributed by atoms with Crippen molar-refractivity contribution >= 4 is 87.0 Å². The number of aliphatic hydroxyl groups excluding tert-OH is 1. The monoisotopic (exact) mass is 1350 g/mol. The second kappa shape index (κ2) is 27.3. The molecule has 88 heavy (non-hydrogen) atoms. The van der Waals surface area contributed by atoms with Crippen molar-refractivity contribution in [2.75, 3.05) is 26.4 Å². The van der Waals surface area contributed by atoms with Crippen molar-refractivity contribution in [1.29, 1.82) is 0 Å². The van der Waals surface area contributed by atoms with Crippen molar-refractivity contribution in [2.45, 2.75) is 205 Å². The summed E-state index contributed by atoms with van der Waals surface area (Å²) in [7, 11) is 0. The van der Waals surface area contributed by atoms with E-state index in [4.69, 9.17) is 123 Å². The maximum absolute atomic E-state index is 11.8. The molecule has 0 radical (unpaired) electrons. The van der Waals surface area contributed by atoms with Crippen LogP contribution in [-0.4, -0.2) is 82.7 Å². The summed E-state index contributed by atoms with van der Waals surface area (Å²) in [6, 6.07) is 16.3. The van der Waals surface area contributed by atoms with Crippen LogP contribution < -0.4 is 0 Å². The molecule has 8 fully saturated rings. The number of benzene rings is 3. The predicted molar refractivity (Wildman–Crippen MR) is 342 cm³/mol. The number of carbonyl (C=O) groups is 1. The van der Waals surface area contributed by atoms with E-state index >= 15 is 0 Å². The molecule has 2 saturated heterocycles. The molecule has 3 aromatic heterocycles. The number of hydrogen-bond donors (Lipinski definition) is 1. The zero-order valence-electron chi connectivity index (χ0n) is 50.7. The topological polar surface area (TPSA) is 171 Å². The Hall–Kier alpha value is -3.29. The Kier molecular flexibility index (Phi) is 20.6. The highest BCUT2D eigenvalue weighted by atomic mass is 35.5. The Morgan fingerprint density at radius 3 is 1.19 bits per heavy atom. The van der Waals surface area contributed by atoms with Crippen molar-refractivity contribution < 1.29 is 51.9 Å². The first kappa shape index (κ1) is 66.2. The second-order valence-electron chi connectivity index (χ2n) is 26.8. The molecule has 0 amide bonds. The summed E-state index contributed by atoms with van der Waals surface area (Å²) in [5, 5.41) is 25.9. The van der Waals surface area contributed by atoms with Crippen LogP contribution >= 0.6 is 81.2 Å². The van der Waals surface area contributed by atoms with Crippen LogP contribution in [0.3, 0.4) is 0 Å². The molecule has 1 N–H and O–H groups in total. The van der Waals surface area contributed by atoms with Crippen LogP contribution in [-0.2, 0) is 52.3 Å². The van der Waals surface area contributed by atoms with Crippen LogP contribution in [0.5, 0.6) is 0 Å². The number of carbonyl (C=O) groups excluding carboxylic acids is 1. The second-order valence-corrected chi connectivity index (χ2v) is 29.6. The molecule has 3 unspecified atom stereocenters. The van der Waals surface area contributed by atoms with Crippen LogP contribution in [0.15, 0.2) is 68.2 Å². The minimum Gasteiger partial charge on any atom is -0.393 e. The van der Waals surface area contributed by atoms with E-state index in [0.29, 0.717) is 146 Å². The maximum atomic E-state index is 11.8. The Morgan fingerprint density at radius 1 is 0.489 bits per heavy atom. The van der Waals surface area contributed by atoms with Gasteiger partial charge < -0.3 is 47.1 Å². The molecule has 2 aliphatic heterocycles.